The first-order valence-corrected chi connectivity index (χ1v) is 8.05. The van der Waals surface area contributed by atoms with Gasteiger partial charge in [0.05, 0.1) is 6.04 Å². The molecular weight excluding hydrogens is 307 g/mol. The van der Waals surface area contributed by atoms with E-state index in [1.807, 2.05) is 37.4 Å². The highest BCUT2D eigenvalue weighted by Gasteiger charge is 2.29. The molecule has 0 radical (unpaired) electrons. The number of amides is 1. The van der Waals surface area contributed by atoms with E-state index in [1.165, 1.54) is 12.1 Å². The second kappa shape index (κ2) is 7.45. The minimum absolute atomic E-state index is 0.0450. The molecule has 1 heterocycles. The lowest BCUT2D eigenvalue weighted by atomic mass is 10.0. The first-order chi connectivity index (χ1) is 11.6. The van der Waals surface area contributed by atoms with Gasteiger partial charge in [0.1, 0.15) is 12.4 Å². The van der Waals surface area contributed by atoms with E-state index < -0.39 is 0 Å². The number of piperazine rings is 1. The van der Waals surface area contributed by atoms with Gasteiger partial charge in [-0.25, -0.2) is 9.18 Å². The molecule has 0 aromatic heterocycles. The number of nitrogens with zero attached hydrogens (tertiary/aromatic N) is 2. The zero-order valence-corrected chi connectivity index (χ0v) is 13.7. The molecule has 2 aromatic rings. The van der Waals surface area contributed by atoms with Crippen LogP contribution in [0.1, 0.15) is 17.2 Å². The molecule has 1 atom stereocenters. The van der Waals surface area contributed by atoms with Gasteiger partial charge in [-0.05, 0) is 30.3 Å². The van der Waals surface area contributed by atoms with Crippen molar-refractivity contribution in [1.82, 2.24) is 9.80 Å². The van der Waals surface area contributed by atoms with Crippen molar-refractivity contribution in [2.24, 2.45) is 0 Å². The fraction of sp³-hybridized carbons (Fsp3) is 0.316. The molecule has 1 aliphatic heterocycles. The Bertz CT molecular complexity index is 676. The van der Waals surface area contributed by atoms with E-state index >= 15 is 0 Å². The zero-order valence-electron chi connectivity index (χ0n) is 13.7. The van der Waals surface area contributed by atoms with Crippen molar-refractivity contribution in [3.05, 3.63) is 71.5 Å². The molecule has 1 fully saturated rings. The van der Waals surface area contributed by atoms with E-state index in [-0.39, 0.29) is 24.6 Å². The van der Waals surface area contributed by atoms with E-state index in [0.717, 1.165) is 17.7 Å². The topological polar surface area (TPSA) is 32.8 Å². The summed E-state index contributed by atoms with van der Waals surface area (Å²) in [5.41, 5.74) is 1.97. The SMILES string of the molecule is CN1CCN(C(=O)OCc2ccccc2)CC1c1ccc(F)cc1. The highest BCUT2D eigenvalue weighted by atomic mass is 19.1. The van der Waals surface area contributed by atoms with Crippen LogP contribution in [0.4, 0.5) is 9.18 Å². The smallest absolute Gasteiger partial charge is 0.410 e. The molecule has 1 aliphatic rings. The fourth-order valence-electron chi connectivity index (χ4n) is 2.89. The van der Waals surface area contributed by atoms with Crippen molar-refractivity contribution < 1.29 is 13.9 Å². The Morgan fingerprint density at radius 1 is 1.12 bits per heavy atom. The standard InChI is InChI=1S/C19H21FN2O2/c1-21-11-12-22(13-18(21)16-7-9-17(20)10-8-16)19(23)24-14-15-5-3-2-4-6-15/h2-10,18H,11-14H2,1H3. The summed E-state index contributed by atoms with van der Waals surface area (Å²) in [5.74, 6) is -0.253. The van der Waals surface area contributed by atoms with E-state index in [0.29, 0.717) is 13.1 Å². The zero-order chi connectivity index (χ0) is 16.9. The van der Waals surface area contributed by atoms with Crippen LogP contribution in [0.15, 0.2) is 54.6 Å². The number of benzene rings is 2. The van der Waals surface area contributed by atoms with Crippen LogP contribution >= 0.6 is 0 Å². The minimum Gasteiger partial charge on any atom is -0.445 e. The Hall–Kier alpha value is -2.40. The lowest BCUT2D eigenvalue weighted by Gasteiger charge is -2.39. The maximum absolute atomic E-state index is 13.1. The molecule has 0 spiro atoms. The number of likely N-dealkylation sites (N-methyl/N-ethyl adjacent to an activating group) is 1. The maximum atomic E-state index is 13.1. The normalized spacial score (nSPS) is 18.4. The predicted octanol–water partition coefficient (Wildman–Crippen LogP) is 3.45. The van der Waals surface area contributed by atoms with E-state index in [1.54, 1.807) is 17.0 Å². The molecule has 0 saturated carbocycles. The number of hydrogen-bond acceptors (Lipinski definition) is 3. The largest absolute Gasteiger partial charge is 0.445 e. The number of hydrogen-bond donors (Lipinski definition) is 0. The number of carbonyl (C=O) groups excluding carboxylic acids is 1. The Morgan fingerprint density at radius 3 is 2.54 bits per heavy atom. The lowest BCUT2D eigenvalue weighted by molar-refractivity contribution is 0.0564. The summed E-state index contributed by atoms with van der Waals surface area (Å²) in [6.07, 6.45) is -0.306. The van der Waals surface area contributed by atoms with E-state index in [9.17, 15) is 9.18 Å². The monoisotopic (exact) mass is 328 g/mol. The third-order valence-electron chi connectivity index (χ3n) is 4.37. The molecule has 1 saturated heterocycles. The van der Waals surface area contributed by atoms with Crippen LogP contribution in [0.25, 0.3) is 0 Å². The third-order valence-corrected chi connectivity index (χ3v) is 4.37. The van der Waals surface area contributed by atoms with Gasteiger partial charge in [0, 0.05) is 19.6 Å². The number of ether oxygens (including phenoxy) is 1. The second-order valence-corrected chi connectivity index (χ2v) is 6.03. The Kier molecular flexibility index (Phi) is 5.11. The first-order valence-electron chi connectivity index (χ1n) is 8.05. The molecule has 3 rings (SSSR count). The van der Waals surface area contributed by atoms with Crippen molar-refractivity contribution in [2.75, 3.05) is 26.7 Å². The summed E-state index contributed by atoms with van der Waals surface area (Å²) in [6.45, 7) is 2.19. The van der Waals surface area contributed by atoms with Gasteiger partial charge in [-0.1, -0.05) is 42.5 Å². The summed E-state index contributed by atoms with van der Waals surface area (Å²) in [5, 5.41) is 0. The molecule has 1 unspecified atom stereocenters. The molecule has 4 nitrogen and oxygen atoms in total. The summed E-state index contributed by atoms with van der Waals surface area (Å²) in [7, 11) is 2.01. The van der Waals surface area contributed by atoms with Gasteiger partial charge in [0.2, 0.25) is 0 Å². The second-order valence-electron chi connectivity index (χ2n) is 6.03. The first kappa shape index (κ1) is 16.5. The average Bonchev–Trinajstić information content (AvgIpc) is 2.62. The molecule has 2 aromatic carbocycles. The van der Waals surface area contributed by atoms with Crippen LogP contribution in [0, 0.1) is 5.82 Å². The summed E-state index contributed by atoms with van der Waals surface area (Å²) in [6, 6.07) is 16.1. The third kappa shape index (κ3) is 3.92. The van der Waals surface area contributed by atoms with Crippen molar-refractivity contribution in [3.8, 4) is 0 Å². The maximum Gasteiger partial charge on any atom is 0.410 e. The molecule has 126 valence electrons. The van der Waals surface area contributed by atoms with Gasteiger partial charge in [0.15, 0.2) is 0 Å². The molecule has 24 heavy (non-hydrogen) atoms. The quantitative estimate of drug-likeness (QED) is 0.865. The highest BCUT2D eigenvalue weighted by Crippen LogP contribution is 2.24. The predicted molar refractivity (Wildman–Crippen MR) is 90.0 cm³/mol. The van der Waals surface area contributed by atoms with E-state index in [4.69, 9.17) is 4.74 Å². The van der Waals surface area contributed by atoms with Crippen molar-refractivity contribution in [1.29, 1.82) is 0 Å². The molecular formula is C19H21FN2O2. The van der Waals surface area contributed by atoms with Gasteiger partial charge < -0.3 is 9.64 Å². The van der Waals surface area contributed by atoms with Gasteiger partial charge in [0.25, 0.3) is 0 Å². The number of halogens is 1. The Morgan fingerprint density at radius 2 is 1.83 bits per heavy atom. The molecule has 0 N–H and O–H groups in total. The highest BCUT2D eigenvalue weighted by molar-refractivity contribution is 5.68. The van der Waals surface area contributed by atoms with Crippen molar-refractivity contribution in [2.45, 2.75) is 12.6 Å². The molecule has 0 bridgehead atoms. The van der Waals surface area contributed by atoms with Crippen LogP contribution in [0.5, 0.6) is 0 Å². The number of carbonyl (C=O) groups is 1. The minimum atomic E-state index is -0.306. The lowest BCUT2D eigenvalue weighted by Crippen LogP contribution is -2.49. The van der Waals surface area contributed by atoms with Crippen LogP contribution in [0.3, 0.4) is 0 Å². The van der Waals surface area contributed by atoms with Gasteiger partial charge in [-0.2, -0.15) is 0 Å². The fourth-order valence-corrected chi connectivity index (χ4v) is 2.89. The summed E-state index contributed by atoms with van der Waals surface area (Å²) in [4.78, 5) is 16.2. The Labute approximate surface area is 141 Å². The van der Waals surface area contributed by atoms with Crippen LogP contribution in [0.2, 0.25) is 0 Å². The van der Waals surface area contributed by atoms with Crippen LogP contribution in [-0.2, 0) is 11.3 Å². The van der Waals surface area contributed by atoms with Crippen LogP contribution < -0.4 is 0 Å². The van der Waals surface area contributed by atoms with Crippen molar-refractivity contribution >= 4 is 6.09 Å². The average molecular weight is 328 g/mol. The Balaban J connectivity index is 1.62. The van der Waals surface area contributed by atoms with Crippen molar-refractivity contribution in [3.63, 3.8) is 0 Å². The van der Waals surface area contributed by atoms with E-state index in [2.05, 4.69) is 4.90 Å². The molecule has 0 aliphatic carbocycles. The van der Waals surface area contributed by atoms with Crippen LogP contribution in [-0.4, -0.2) is 42.6 Å². The molecule has 5 heteroatoms. The van der Waals surface area contributed by atoms with Gasteiger partial charge in [-0.3, -0.25) is 4.90 Å². The summed E-state index contributed by atoms with van der Waals surface area (Å²) < 4.78 is 18.5. The van der Waals surface area contributed by atoms with Gasteiger partial charge in [-0.15, -0.1) is 0 Å². The summed E-state index contributed by atoms with van der Waals surface area (Å²) >= 11 is 0. The molecule has 1 amide bonds. The number of rotatable bonds is 3. The van der Waals surface area contributed by atoms with Gasteiger partial charge >= 0.3 is 6.09 Å².